The van der Waals surface area contributed by atoms with Crippen LogP contribution in [-0.2, 0) is 12.8 Å². The van der Waals surface area contributed by atoms with Gasteiger partial charge >= 0.3 is 0 Å². The second-order valence-corrected chi connectivity index (χ2v) is 6.41. The van der Waals surface area contributed by atoms with E-state index in [1.807, 2.05) is 6.92 Å². The summed E-state index contributed by atoms with van der Waals surface area (Å²) in [6.45, 7) is 1.89. The Bertz CT molecular complexity index is 760. The molecule has 0 aliphatic heterocycles. The summed E-state index contributed by atoms with van der Waals surface area (Å²) in [6, 6.07) is 2.87. The summed E-state index contributed by atoms with van der Waals surface area (Å²) in [4.78, 5) is 18.2. The molecule has 1 N–H and O–H groups in total. The van der Waals surface area contributed by atoms with Crippen LogP contribution in [0.25, 0.3) is 0 Å². The monoisotopic (exact) mass is 354 g/mol. The van der Waals surface area contributed by atoms with Gasteiger partial charge in [-0.1, -0.05) is 30.1 Å². The highest BCUT2D eigenvalue weighted by Crippen LogP contribution is 2.41. The van der Waals surface area contributed by atoms with Gasteiger partial charge in [-0.25, -0.2) is 4.98 Å². The second-order valence-electron chi connectivity index (χ2n) is 5.57. The minimum atomic E-state index is -0.744. The number of oxazole rings is 1. The number of aliphatic hydroxyl groups is 1. The number of nitrogens with zero attached hydrogens (tertiary/aromatic N) is 2. The third-order valence-corrected chi connectivity index (χ3v) is 4.75. The fraction of sp³-hybridized carbons (Fsp3) is 0.375. The van der Waals surface area contributed by atoms with Crippen LogP contribution in [0.5, 0.6) is 0 Å². The molecule has 5 nitrogen and oxygen atoms in total. The summed E-state index contributed by atoms with van der Waals surface area (Å²) in [5.74, 6) is 0.224. The lowest BCUT2D eigenvalue weighted by atomic mass is 10.1. The zero-order chi connectivity index (χ0) is 16.7. The Balaban J connectivity index is 1.98. The fourth-order valence-electron chi connectivity index (χ4n) is 3.09. The molecule has 0 saturated carbocycles. The largest absolute Gasteiger partial charge is 0.448 e. The highest BCUT2D eigenvalue weighted by Gasteiger charge is 2.38. The number of hydrogen-bond donors (Lipinski definition) is 1. The molecule has 0 saturated heterocycles. The molecular weight excluding hydrogens is 339 g/mol. The Morgan fingerprint density at radius 1 is 1.48 bits per heavy atom. The van der Waals surface area contributed by atoms with Crippen molar-refractivity contribution in [2.75, 3.05) is 7.05 Å². The second kappa shape index (κ2) is 6.15. The van der Waals surface area contributed by atoms with Crippen molar-refractivity contribution in [2.24, 2.45) is 0 Å². The Labute approximate surface area is 143 Å². The van der Waals surface area contributed by atoms with Crippen LogP contribution in [0.3, 0.4) is 0 Å². The van der Waals surface area contributed by atoms with Crippen molar-refractivity contribution in [2.45, 2.75) is 31.9 Å². The molecule has 7 heteroatoms. The lowest BCUT2D eigenvalue weighted by Gasteiger charge is -2.27. The summed E-state index contributed by atoms with van der Waals surface area (Å²) >= 11 is 12.3. The summed E-state index contributed by atoms with van der Waals surface area (Å²) in [6.07, 6.45) is 1.46. The number of rotatable bonds is 3. The molecule has 1 aromatic carbocycles. The molecule has 2 atom stereocenters. The first kappa shape index (κ1) is 16.3. The number of likely N-dealkylation sites (N-methyl/N-ethyl adjacent to an activating group) is 1. The molecule has 0 spiro atoms. The maximum absolute atomic E-state index is 12.7. The Morgan fingerprint density at radius 2 is 2.22 bits per heavy atom. The first-order valence-electron chi connectivity index (χ1n) is 7.29. The summed E-state index contributed by atoms with van der Waals surface area (Å²) in [5.41, 5.74) is 1.86. The van der Waals surface area contributed by atoms with Crippen LogP contribution in [0, 0.1) is 0 Å². The number of carbonyl (C=O) groups is 1. The van der Waals surface area contributed by atoms with Crippen molar-refractivity contribution < 1.29 is 14.3 Å². The number of benzene rings is 1. The fourth-order valence-corrected chi connectivity index (χ4v) is 3.67. The molecule has 1 aliphatic rings. The van der Waals surface area contributed by atoms with Crippen molar-refractivity contribution in [3.8, 4) is 0 Å². The van der Waals surface area contributed by atoms with Gasteiger partial charge < -0.3 is 14.4 Å². The van der Waals surface area contributed by atoms with Crippen molar-refractivity contribution in [3.63, 3.8) is 0 Å². The first-order valence-corrected chi connectivity index (χ1v) is 8.05. The third-order valence-electron chi connectivity index (χ3n) is 4.19. The highest BCUT2D eigenvalue weighted by molar-refractivity contribution is 6.35. The molecule has 2 aromatic rings. The Hall–Kier alpha value is -1.56. The van der Waals surface area contributed by atoms with E-state index in [1.165, 1.54) is 11.3 Å². The van der Waals surface area contributed by atoms with Gasteiger partial charge in [0.25, 0.3) is 5.91 Å². The minimum Gasteiger partial charge on any atom is -0.448 e. The molecule has 1 amide bonds. The molecule has 0 fully saturated rings. The average Bonchev–Trinajstić information content (AvgIpc) is 3.09. The molecule has 1 aromatic heterocycles. The van der Waals surface area contributed by atoms with Gasteiger partial charge in [-0.15, -0.1) is 0 Å². The normalized spacial score (nSPS) is 19.7. The number of halogens is 2. The van der Waals surface area contributed by atoms with Crippen LogP contribution in [0.2, 0.25) is 10.0 Å². The van der Waals surface area contributed by atoms with E-state index in [0.717, 1.165) is 11.1 Å². The van der Waals surface area contributed by atoms with E-state index in [2.05, 4.69) is 4.98 Å². The van der Waals surface area contributed by atoms with Crippen molar-refractivity contribution in [1.29, 1.82) is 0 Å². The van der Waals surface area contributed by atoms with Gasteiger partial charge in [0.1, 0.15) is 5.76 Å². The first-order chi connectivity index (χ1) is 10.9. The van der Waals surface area contributed by atoms with E-state index in [-0.39, 0.29) is 11.6 Å². The predicted octanol–water partition coefficient (Wildman–Crippen LogP) is 3.27. The van der Waals surface area contributed by atoms with Crippen molar-refractivity contribution in [3.05, 3.63) is 51.2 Å². The number of carbonyl (C=O) groups excluding carboxylic acids is 1. The van der Waals surface area contributed by atoms with Gasteiger partial charge in [-0.2, -0.15) is 0 Å². The van der Waals surface area contributed by atoms with Crippen molar-refractivity contribution in [1.82, 2.24) is 9.88 Å². The lowest BCUT2D eigenvalue weighted by molar-refractivity contribution is 0.0491. The SMILES string of the molecule is CCc1ocnc1C(=O)N(C)C1c2cc(Cl)cc(Cl)c2CC1O. The van der Waals surface area contributed by atoms with Crippen LogP contribution in [-0.4, -0.2) is 34.0 Å². The van der Waals surface area contributed by atoms with Crippen LogP contribution < -0.4 is 0 Å². The average molecular weight is 355 g/mol. The van der Waals surface area contributed by atoms with Gasteiger partial charge in [-0.3, -0.25) is 4.79 Å². The molecule has 1 heterocycles. The topological polar surface area (TPSA) is 66.6 Å². The van der Waals surface area contributed by atoms with E-state index >= 15 is 0 Å². The van der Waals surface area contributed by atoms with Crippen LogP contribution in [0.1, 0.15) is 40.3 Å². The molecule has 3 rings (SSSR count). The molecule has 23 heavy (non-hydrogen) atoms. The number of aliphatic hydroxyl groups excluding tert-OH is 1. The van der Waals surface area contributed by atoms with Gasteiger partial charge in [0.2, 0.25) is 0 Å². The van der Waals surface area contributed by atoms with E-state index in [0.29, 0.717) is 28.6 Å². The molecule has 0 bridgehead atoms. The number of fused-ring (bicyclic) bond motifs is 1. The van der Waals surface area contributed by atoms with Gasteiger partial charge in [0.15, 0.2) is 12.1 Å². The zero-order valence-corrected chi connectivity index (χ0v) is 14.2. The zero-order valence-electron chi connectivity index (χ0n) is 12.7. The standard InChI is InChI=1S/C16H16Cl2N2O3/c1-3-13-14(19-7-23-13)16(22)20(2)15-10-4-8(17)5-11(18)9(10)6-12(15)21/h4-5,7,12,15,21H,3,6H2,1-2H3. The highest BCUT2D eigenvalue weighted by atomic mass is 35.5. The summed E-state index contributed by atoms with van der Waals surface area (Å²) < 4.78 is 5.22. The predicted molar refractivity (Wildman–Crippen MR) is 86.9 cm³/mol. The summed E-state index contributed by atoms with van der Waals surface area (Å²) in [7, 11) is 1.63. The van der Waals surface area contributed by atoms with Crippen LogP contribution in [0.4, 0.5) is 0 Å². The van der Waals surface area contributed by atoms with E-state index in [4.69, 9.17) is 27.6 Å². The van der Waals surface area contributed by atoms with E-state index in [9.17, 15) is 9.90 Å². The maximum atomic E-state index is 12.7. The molecular formula is C16H16Cl2N2O3. The van der Waals surface area contributed by atoms with Gasteiger partial charge in [0.05, 0.1) is 12.1 Å². The Kier molecular flexibility index (Phi) is 4.36. The van der Waals surface area contributed by atoms with E-state index in [1.54, 1.807) is 19.2 Å². The van der Waals surface area contributed by atoms with Gasteiger partial charge in [-0.05, 0) is 23.3 Å². The molecule has 2 unspecified atom stereocenters. The number of amides is 1. The third kappa shape index (κ3) is 2.73. The number of aryl methyl sites for hydroxylation is 1. The van der Waals surface area contributed by atoms with Crippen LogP contribution in [0.15, 0.2) is 22.9 Å². The smallest absolute Gasteiger partial charge is 0.276 e. The van der Waals surface area contributed by atoms with Crippen molar-refractivity contribution >= 4 is 29.1 Å². The Morgan fingerprint density at radius 3 is 2.91 bits per heavy atom. The molecule has 0 radical (unpaired) electrons. The quantitative estimate of drug-likeness (QED) is 0.918. The lowest BCUT2D eigenvalue weighted by Crippen LogP contribution is -2.36. The van der Waals surface area contributed by atoms with E-state index < -0.39 is 12.1 Å². The molecule has 122 valence electrons. The summed E-state index contributed by atoms with van der Waals surface area (Å²) in [5, 5.41) is 11.4. The minimum absolute atomic E-state index is 0.267. The number of aromatic nitrogens is 1. The number of hydrogen-bond acceptors (Lipinski definition) is 4. The maximum Gasteiger partial charge on any atom is 0.276 e. The molecule has 1 aliphatic carbocycles. The van der Waals surface area contributed by atoms with Gasteiger partial charge in [0, 0.05) is 29.9 Å². The van der Waals surface area contributed by atoms with Crippen LogP contribution >= 0.6 is 23.2 Å².